The van der Waals surface area contributed by atoms with Gasteiger partial charge in [-0.2, -0.15) is 0 Å². The molecule has 2 atom stereocenters. The van der Waals surface area contributed by atoms with Gasteiger partial charge in [0.05, 0.1) is 21.8 Å². The number of oxime groups is 1. The molecule has 0 aliphatic heterocycles. The monoisotopic (exact) mass is 354 g/mol. The average molecular weight is 355 g/mol. The molecule has 2 saturated carbocycles. The fourth-order valence-electron chi connectivity index (χ4n) is 4.37. The number of hydrogen-bond donors (Lipinski definition) is 2. The van der Waals surface area contributed by atoms with Crippen LogP contribution in [-0.2, 0) is 4.79 Å². The summed E-state index contributed by atoms with van der Waals surface area (Å²) in [7, 11) is 0. The zero-order valence-corrected chi connectivity index (χ0v) is 14.9. The average Bonchev–Trinajstić information content (AvgIpc) is 2.80. The van der Waals surface area contributed by atoms with Crippen LogP contribution in [-0.4, -0.2) is 16.8 Å². The third-order valence-electron chi connectivity index (χ3n) is 6.47. The van der Waals surface area contributed by atoms with Crippen molar-refractivity contribution in [1.29, 1.82) is 0 Å². The van der Waals surface area contributed by atoms with E-state index in [1.54, 1.807) is 18.2 Å². The number of carbonyl (C=O) groups excluding carboxylic acids is 1. The highest BCUT2D eigenvalue weighted by Gasteiger charge is 2.71. The molecule has 0 saturated heterocycles. The molecule has 2 bridgehead atoms. The molecule has 2 fully saturated rings. The second-order valence-electron chi connectivity index (χ2n) is 7.34. The van der Waals surface area contributed by atoms with E-state index in [1.165, 1.54) is 0 Å². The molecular formula is C17H20Cl2N2O2. The van der Waals surface area contributed by atoms with Gasteiger partial charge in [0, 0.05) is 16.9 Å². The Morgan fingerprint density at radius 2 is 1.96 bits per heavy atom. The minimum absolute atomic E-state index is 0.0889. The van der Waals surface area contributed by atoms with Crippen molar-refractivity contribution >= 4 is 40.5 Å². The molecule has 3 rings (SSSR count). The van der Waals surface area contributed by atoms with Crippen molar-refractivity contribution in [3.05, 3.63) is 28.2 Å². The van der Waals surface area contributed by atoms with Gasteiger partial charge in [0.15, 0.2) is 0 Å². The highest BCUT2D eigenvalue weighted by atomic mass is 35.5. The van der Waals surface area contributed by atoms with Crippen LogP contribution in [0.3, 0.4) is 0 Å². The Kier molecular flexibility index (Phi) is 3.69. The zero-order chi connectivity index (χ0) is 17.0. The minimum Gasteiger partial charge on any atom is -0.411 e. The van der Waals surface area contributed by atoms with E-state index in [1.807, 2.05) is 0 Å². The summed E-state index contributed by atoms with van der Waals surface area (Å²) in [5, 5.41) is 16.8. The van der Waals surface area contributed by atoms with Crippen molar-refractivity contribution < 1.29 is 10.0 Å². The van der Waals surface area contributed by atoms with E-state index < -0.39 is 5.41 Å². The number of nitrogens with one attached hydrogen (secondary N) is 1. The molecule has 0 radical (unpaired) electrons. The summed E-state index contributed by atoms with van der Waals surface area (Å²) in [5.74, 6) is -0.0889. The van der Waals surface area contributed by atoms with Gasteiger partial charge in [0.1, 0.15) is 0 Å². The maximum Gasteiger partial charge on any atom is 0.231 e. The SMILES string of the molecule is CC1(C)[C@@]2(C(=O)Nc3cc(Cl)ccc3Cl)CC[C@]1(C)/C(=N\O)C2. The molecule has 0 spiro atoms. The fraction of sp³-hybridized carbons (Fsp3) is 0.529. The molecule has 2 aliphatic rings. The summed E-state index contributed by atoms with van der Waals surface area (Å²) in [6.45, 7) is 6.24. The molecule has 23 heavy (non-hydrogen) atoms. The molecule has 2 aliphatic carbocycles. The molecule has 2 N–H and O–H groups in total. The van der Waals surface area contributed by atoms with Crippen LogP contribution in [0.4, 0.5) is 5.69 Å². The molecule has 1 amide bonds. The summed E-state index contributed by atoms with van der Waals surface area (Å²) in [6.07, 6.45) is 2.06. The summed E-state index contributed by atoms with van der Waals surface area (Å²) < 4.78 is 0. The topological polar surface area (TPSA) is 61.7 Å². The number of hydrogen-bond acceptors (Lipinski definition) is 3. The van der Waals surface area contributed by atoms with Crippen molar-refractivity contribution in [2.24, 2.45) is 21.4 Å². The Morgan fingerprint density at radius 3 is 2.57 bits per heavy atom. The molecule has 0 aromatic heterocycles. The van der Waals surface area contributed by atoms with Gasteiger partial charge in [-0.25, -0.2) is 0 Å². The summed E-state index contributed by atoms with van der Waals surface area (Å²) in [4.78, 5) is 13.1. The van der Waals surface area contributed by atoms with Crippen molar-refractivity contribution in [3.63, 3.8) is 0 Å². The first-order valence-electron chi connectivity index (χ1n) is 7.66. The second kappa shape index (κ2) is 5.12. The largest absolute Gasteiger partial charge is 0.411 e. The first kappa shape index (κ1) is 16.6. The minimum atomic E-state index is -0.602. The second-order valence-corrected chi connectivity index (χ2v) is 8.18. The standard InChI is InChI=1S/C17H20Cl2N2O2/c1-15(2)16(3)6-7-17(15,9-13(16)21-23)14(22)20-12-8-10(18)4-5-11(12)19/h4-5,8,23H,6-7,9H2,1-3H3,(H,20,22)/b21-13-/t16-,17+/m1/s1. The number of halogens is 2. The van der Waals surface area contributed by atoms with Crippen LogP contribution >= 0.6 is 23.2 Å². The number of rotatable bonds is 2. The third-order valence-corrected chi connectivity index (χ3v) is 7.03. The van der Waals surface area contributed by atoms with E-state index in [4.69, 9.17) is 23.2 Å². The predicted octanol–water partition coefficient (Wildman–Crippen LogP) is 4.98. The lowest BCUT2D eigenvalue weighted by Gasteiger charge is -2.39. The van der Waals surface area contributed by atoms with Crippen molar-refractivity contribution in [3.8, 4) is 0 Å². The van der Waals surface area contributed by atoms with Crippen LogP contribution in [0.1, 0.15) is 40.0 Å². The van der Waals surface area contributed by atoms with Gasteiger partial charge >= 0.3 is 0 Å². The quantitative estimate of drug-likeness (QED) is 0.581. The number of carbonyl (C=O) groups is 1. The molecule has 1 aromatic rings. The Hall–Kier alpha value is -1.26. The van der Waals surface area contributed by atoms with Crippen LogP contribution in [0.2, 0.25) is 10.0 Å². The molecule has 124 valence electrons. The summed E-state index contributed by atoms with van der Waals surface area (Å²) in [6, 6.07) is 4.99. The fourth-order valence-corrected chi connectivity index (χ4v) is 4.71. The molecule has 0 heterocycles. The number of fused-ring (bicyclic) bond motifs is 2. The summed E-state index contributed by atoms with van der Waals surface area (Å²) in [5.41, 5.74) is 0.0431. The normalized spacial score (nSPS) is 33.2. The number of anilines is 1. The van der Waals surface area contributed by atoms with Crippen LogP contribution in [0.5, 0.6) is 0 Å². The molecule has 4 nitrogen and oxygen atoms in total. The van der Waals surface area contributed by atoms with E-state index >= 15 is 0 Å². The van der Waals surface area contributed by atoms with Gasteiger partial charge in [-0.1, -0.05) is 49.1 Å². The van der Waals surface area contributed by atoms with Crippen LogP contribution in [0, 0.1) is 16.2 Å². The van der Waals surface area contributed by atoms with Gasteiger partial charge in [0.25, 0.3) is 0 Å². The molecule has 1 aromatic carbocycles. The Morgan fingerprint density at radius 1 is 1.26 bits per heavy atom. The molecule has 6 heteroatoms. The third kappa shape index (κ3) is 2.04. The maximum absolute atomic E-state index is 13.1. The molecular weight excluding hydrogens is 335 g/mol. The zero-order valence-electron chi connectivity index (χ0n) is 13.4. The van der Waals surface area contributed by atoms with Gasteiger partial charge in [-0.05, 0) is 36.5 Å². The van der Waals surface area contributed by atoms with E-state index in [0.717, 1.165) is 12.8 Å². The van der Waals surface area contributed by atoms with Crippen molar-refractivity contribution in [2.75, 3.05) is 5.32 Å². The van der Waals surface area contributed by atoms with Gasteiger partial charge in [-0.15, -0.1) is 0 Å². The summed E-state index contributed by atoms with van der Waals surface area (Å²) >= 11 is 12.2. The van der Waals surface area contributed by atoms with E-state index in [2.05, 4.69) is 31.2 Å². The highest BCUT2D eigenvalue weighted by molar-refractivity contribution is 6.35. The van der Waals surface area contributed by atoms with E-state index in [0.29, 0.717) is 27.9 Å². The number of benzene rings is 1. The van der Waals surface area contributed by atoms with Crippen LogP contribution < -0.4 is 5.32 Å². The maximum atomic E-state index is 13.1. The number of amides is 1. The first-order chi connectivity index (χ1) is 10.7. The van der Waals surface area contributed by atoms with Crippen molar-refractivity contribution in [2.45, 2.75) is 40.0 Å². The van der Waals surface area contributed by atoms with Crippen molar-refractivity contribution in [1.82, 2.24) is 0 Å². The Balaban J connectivity index is 1.98. The van der Waals surface area contributed by atoms with Gasteiger partial charge in [0.2, 0.25) is 5.91 Å². The molecule has 0 unspecified atom stereocenters. The first-order valence-corrected chi connectivity index (χ1v) is 8.41. The van der Waals surface area contributed by atoms with E-state index in [-0.39, 0.29) is 16.7 Å². The lowest BCUT2D eigenvalue weighted by Crippen LogP contribution is -2.43. The van der Waals surface area contributed by atoms with Crippen LogP contribution in [0.15, 0.2) is 23.4 Å². The highest BCUT2D eigenvalue weighted by Crippen LogP contribution is 2.71. The van der Waals surface area contributed by atoms with Crippen LogP contribution in [0.25, 0.3) is 0 Å². The Bertz CT molecular complexity index is 717. The van der Waals surface area contributed by atoms with Gasteiger partial charge < -0.3 is 10.5 Å². The van der Waals surface area contributed by atoms with E-state index in [9.17, 15) is 10.0 Å². The smallest absolute Gasteiger partial charge is 0.231 e. The predicted molar refractivity (Wildman–Crippen MR) is 92.5 cm³/mol. The van der Waals surface area contributed by atoms with Gasteiger partial charge in [-0.3, -0.25) is 4.79 Å². The lowest BCUT2D eigenvalue weighted by atomic mass is 9.64. The number of nitrogens with zero attached hydrogens (tertiary/aromatic N) is 1. The Labute approximate surface area is 145 Å². The lowest BCUT2D eigenvalue weighted by molar-refractivity contribution is -0.130.